The van der Waals surface area contributed by atoms with Gasteiger partial charge in [-0.25, -0.2) is 0 Å². The first kappa shape index (κ1) is 40.1. The van der Waals surface area contributed by atoms with Crippen molar-refractivity contribution < 1.29 is 150 Å². The van der Waals surface area contributed by atoms with Gasteiger partial charge in [0.1, 0.15) is 0 Å². The molecule has 0 fully saturated rings. The fourth-order valence-electron chi connectivity index (χ4n) is 0.245. The van der Waals surface area contributed by atoms with Crippen molar-refractivity contribution in [1.29, 1.82) is 0 Å². The molecule has 0 aliphatic carbocycles. The Balaban J connectivity index is -0.0000000492. The second kappa shape index (κ2) is 15.3. The minimum Gasteiger partial charge on any atom is -0.790 e. The smallest absolute Gasteiger partial charge is 0.790 e. The molecule has 0 radical (unpaired) electrons. The van der Waals surface area contributed by atoms with E-state index in [1.54, 1.807) is 0 Å². The second-order valence-electron chi connectivity index (χ2n) is 1.95. The Hall–Kier alpha value is 3.27. The maximum atomic E-state index is 9.32. The van der Waals surface area contributed by atoms with Gasteiger partial charge in [-0.15, -0.1) is 0 Å². The molecule has 0 atom stereocenters. The van der Waals surface area contributed by atoms with Crippen molar-refractivity contribution in [2.75, 3.05) is 0 Å². The van der Waals surface area contributed by atoms with E-state index in [-0.39, 0.29) is 84.3 Å². The molecule has 0 aromatic carbocycles. The summed E-state index contributed by atoms with van der Waals surface area (Å²) in [4.78, 5) is 74.6. The van der Waals surface area contributed by atoms with Crippen LogP contribution in [0, 0.1) is 0 Å². The van der Waals surface area contributed by atoms with Crippen LogP contribution < -0.4 is 39.1 Å². The SMILES string of the molecule is O=P([O-])([O-])OP(=O)([O-])[O-].O=P([O-])([O-])OP(=O)([O-])[O-].[Pt+2].[Pt+2].[Pt+2].[Pt+2]. The molecule has 0 aliphatic rings. The third-order valence-electron chi connectivity index (χ3n) is 0.400. The molecule has 0 rings (SSSR count). The van der Waals surface area contributed by atoms with Crippen molar-refractivity contribution in [1.82, 2.24) is 0 Å². The molecule has 0 bridgehead atoms. The predicted octanol–water partition coefficient (Wildman–Crippen LogP) is -6.69. The van der Waals surface area contributed by atoms with Gasteiger partial charge in [0.25, 0.3) is 0 Å². The summed E-state index contributed by atoms with van der Waals surface area (Å²) in [6.07, 6.45) is 0. The average molecular weight is 1130 g/mol. The van der Waals surface area contributed by atoms with Crippen LogP contribution in [0.5, 0.6) is 0 Å². The summed E-state index contributed by atoms with van der Waals surface area (Å²) in [6, 6.07) is 0. The van der Waals surface area contributed by atoms with Crippen LogP contribution >= 0.6 is 31.3 Å². The van der Waals surface area contributed by atoms with Crippen LogP contribution in [-0.4, -0.2) is 0 Å². The van der Waals surface area contributed by atoms with Crippen LogP contribution in [0.2, 0.25) is 0 Å². The van der Waals surface area contributed by atoms with Crippen molar-refractivity contribution in [3.05, 3.63) is 0 Å². The molecule has 0 spiro atoms. The van der Waals surface area contributed by atoms with Crippen molar-refractivity contribution in [2.24, 2.45) is 0 Å². The third kappa shape index (κ3) is 49.5. The molecule has 0 aromatic heterocycles. The quantitative estimate of drug-likeness (QED) is 0.237. The number of phosphoric acid groups is 4. The summed E-state index contributed by atoms with van der Waals surface area (Å²) in [5, 5.41) is 0. The van der Waals surface area contributed by atoms with Gasteiger partial charge in [0.15, 0.2) is 0 Å². The standard InChI is InChI=1S/2H4O7P2.4Pt/c2*1-8(2,3)7-9(4,5)6;;;;/h2*(H2,1,2,3)(H2,4,5,6);;;;/q;;4*+2/p-8. The molecule has 144 valence electrons. The van der Waals surface area contributed by atoms with Gasteiger partial charge in [-0.1, -0.05) is 0 Å². The molecule has 0 N–H and O–H groups in total. The number of hydrogen-bond acceptors (Lipinski definition) is 14. The normalized spacial score (nSPS) is 11.3. The van der Waals surface area contributed by atoms with Crippen LogP contribution in [0.15, 0.2) is 0 Å². The van der Waals surface area contributed by atoms with E-state index in [1.807, 2.05) is 0 Å². The molecule has 22 heavy (non-hydrogen) atoms. The van der Waals surface area contributed by atoms with E-state index in [9.17, 15) is 57.4 Å². The van der Waals surface area contributed by atoms with Crippen LogP contribution in [0.25, 0.3) is 0 Å². The van der Waals surface area contributed by atoms with Crippen LogP contribution in [0.3, 0.4) is 0 Å². The molecule has 0 unspecified atom stereocenters. The topological polar surface area (TPSA) is 271 Å². The molecule has 0 amide bonds. The average Bonchev–Trinajstić information content (AvgIpc) is 1.64. The molecule has 0 aromatic rings. The molecule has 0 heterocycles. The first-order chi connectivity index (χ1) is 7.41. The summed E-state index contributed by atoms with van der Waals surface area (Å²) < 4.78 is 42.3. The Kier molecular flexibility index (Phi) is 28.0. The molecule has 14 nitrogen and oxygen atoms in total. The molecule has 0 saturated heterocycles. The minimum absolute atomic E-state index is 0. The second-order valence-corrected chi connectivity index (χ2v) is 6.84. The van der Waals surface area contributed by atoms with E-state index in [0.717, 1.165) is 0 Å². The summed E-state index contributed by atoms with van der Waals surface area (Å²) in [7, 11) is -22.7. The zero-order chi connectivity index (χ0) is 15.4. The van der Waals surface area contributed by atoms with Gasteiger partial charge in [0.05, 0.1) is 31.3 Å². The van der Waals surface area contributed by atoms with E-state index in [4.69, 9.17) is 0 Å². The summed E-state index contributed by atoms with van der Waals surface area (Å²) in [6.45, 7) is 0. The fraction of sp³-hybridized carbons (Fsp3) is 0. The zero-order valence-corrected chi connectivity index (χ0v) is 21.4. The van der Waals surface area contributed by atoms with E-state index < -0.39 is 31.3 Å². The summed E-state index contributed by atoms with van der Waals surface area (Å²) in [5.41, 5.74) is 0. The number of rotatable bonds is 4. The largest absolute Gasteiger partial charge is 2.00 e. The maximum Gasteiger partial charge on any atom is 2.00 e. The number of hydrogen-bond donors (Lipinski definition) is 0. The van der Waals surface area contributed by atoms with Gasteiger partial charge in [-0.2, -0.15) is 0 Å². The monoisotopic (exact) mass is 1130 g/mol. The predicted molar refractivity (Wildman–Crippen MR) is 32.6 cm³/mol. The van der Waals surface area contributed by atoms with Gasteiger partial charge in [0, 0.05) is 0 Å². The van der Waals surface area contributed by atoms with Crippen LogP contribution in [-0.2, 0) is 111 Å². The Bertz CT molecular complexity index is 352. The van der Waals surface area contributed by atoms with E-state index in [2.05, 4.69) is 8.62 Å². The summed E-state index contributed by atoms with van der Waals surface area (Å²) >= 11 is 0. The van der Waals surface area contributed by atoms with E-state index in [0.29, 0.717) is 0 Å². The fourth-order valence-corrected chi connectivity index (χ4v) is 2.20. The molecule has 0 saturated carbocycles. The Morgan fingerprint density at radius 2 is 0.500 bits per heavy atom. The van der Waals surface area contributed by atoms with Crippen molar-refractivity contribution >= 4 is 31.3 Å². The van der Waals surface area contributed by atoms with Gasteiger partial charge >= 0.3 is 84.3 Å². The van der Waals surface area contributed by atoms with Crippen molar-refractivity contribution in [2.45, 2.75) is 0 Å². The molecule has 22 heteroatoms. The summed E-state index contributed by atoms with van der Waals surface area (Å²) in [5.74, 6) is 0. The Morgan fingerprint density at radius 1 is 0.409 bits per heavy atom. The zero-order valence-electron chi connectivity index (χ0n) is 8.77. The third-order valence-corrected chi connectivity index (χ3v) is 3.60. The van der Waals surface area contributed by atoms with Gasteiger partial charge in [-0.3, -0.25) is 0 Å². The van der Waals surface area contributed by atoms with Crippen LogP contribution in [0.4, 0.5) is 0 Å². The van der Waals surface area contributed by atoms with Crippen molar-refractivity contribution in [3.8, 4) is 0 Å². The Morgan fingerprint density at radius 3 is 0.500 bits per heavy atom. The van der Waals surface area contributed by atoms with Gasteiger partial charge in [0.2, 0.25) is 0 Å². The Labute approximate surface area is 180 Å². The van der Waals surface area contributed by atoms with E-state index >= 15 is 0 Å². The van der Waals surface area contributed by atoms with Gasteiger partial charge < -0.3 is 66.0 Å². The molecular formula is O14P4Pt4. The van der Waals surface area contributed by atoms with Crippen molar-refractivity contribution in [3.63, 3.8) is 0 Å². The van der Waals surface area contributed by atoms with E-state index in [1.165, 1.54) is 0 Å². The maximum absolute atomic E-state index is 9.32. The first-order valence-corrected chi connectivity index (χ1v) is 8.76. The van der Waals surface area contributed by atoms with Gasteiger partial charge in [-0.05, 0) is 0 Å². The molecular weight excluding hydrogens is 1130 g/mol. The molecule has 0 aliphatic heterocycles. The first-order valence-electron chi connectivity index (χ1n) is 2.92. The minimum atomic E-state index is -5.68. The van der Waals surface area contributed by atoms with Crippen LogP contribution in [0.1, 0.15) is 0 Å².